The first-order chi connectivity index (χ1) is 16.6. The van der Waals surface area contributed by atoms with Crippen LogP contribution in [-0.2, 0) is 10.1 Å². The predicted molar refractivity (Wildman–Crippen MR) is 142 cm³/mol. The number of fused-ring (bicyclic) bond motifs is 1. The minimum absolute atomic E-state index is 0.0282. The Bertz CT molecular complexity index is 1330. The number of carbonyl (C=O) groups is 1. The fourth-order valence-corrected chi connectivity index (χ4v) is 5.25. The first-order valence-electron chi connectivity index (χ1n) is 11.0. The standard InChI is InChI=1S/C18H17BrClN3O.C7H8O3S/c19-12-1-6-15-16(11-12)22-18(7-9-21-10-8-18)23(17(15)24)14-4-2-13(20)3-5-14;1-6-2-4-7(5-3-6)11(8,9)10/h1-6,11,21-22H,7-10H2;2-5H,1H3,(H,8,9,10). The van der Waals surface area contributed by atoms with Gasteiger partial charge in [0.25, 0.3) is 16.0 Å². The summed E-state index contributed by atoms with van der Waals surface area (Å²) in [5, 5.41) is 7.69. The van der Waals surface area contributed by atoms with E-state index in [2.05, 4.69) is 26.6 Å². The maximum absolute atomic E-state index is 13.3. The van der Waals surface area contributed by atoms with Crippen molar-refractivity contribution in [3.8, 4) is 0 Å². The fraction of sp³-hybridized carbons (Fsp3) is 0.240. The lowest BCUT2D eigenvalue weighted by molar-refractivity contribution is 0.0941. The topological polar surface area (TPSA) is 98.7 Å². The van der Waals surface area contributed by atoms with Gasteiger partial charge in [-0.25, -0.2) is 0 Å². The highest BCUT2D eigenvalue weighted by molar-refractivity contribution is 9.10. The average molecular weight is 579 g/mol. The summed E-state index contributed by atoms with van der Waals surface area (Å²) in [6, 6.07) is 19.2. The smallest absolute Gasteiger partial charge is 0.294 e. The second kappa shape index (κ2) is 10.3. The quantitative estimate of drug-likeness (QED) is 0.348. The Balaban J connectivity index is 0.000000221. The molecule has 3 aromatic carbocycles. The number of halogens is 2. The van der Waals surface area contributed by atoms with Crippen LogP contribution in [0.3, 0.4) is 0 Å². The second-order valence-corrected chi connectivity index (χ2v) is 11.3. The number of rotatable bonds is 2. The van der Waals surface area contributed by atoms with E-state index in [1.54, 1.807) is 12.1 Å². The summed E-state index contributed by atoms with van der Waals surface area (Å²) >= 11 is 9.53. The molecule has 35 heavy (non-hydrogen) atoms. The summed E-state index contributed by atoms with van der Waals surface area (Å²) in [6.07, 6.45) is 1.68. The number of piperidine rings is 1. The summed E-state index contributed by atoms with van der Waals surface area (Å²) in [5.41, 5.74) is 2.99. The van der Waals surface area contributed by atoms with E-state index in [-0.39, 0.29) is 10.8 Å². The van der Waals surface area contributed by atoms with Gasteiger partial charge in [0, 0.05) is 33.7 Å². The Morgan fingerprint density at radius 1 is 1.00 bits per heavy atom. The van der Waals surface area contributed by atoms with Crippen molar-refractivity contribution in [2.75, 3.05) is 23.3 Å². The van der Waals surface area contributed by atoms with Crippen LogP contribution in [0, 0.1) is 6.92 Å². The van der Waals surface area contributed by atoms with Gasteiger partial charge in [0.1, 0.15) is 5.66 Å². The number of aryl methyl sites for hydroxylation is 1. The van der Waals surface area contributed by atoms with E-state index in [1.165, 1.54) is 12.1 Å². The van der Waals surface area contributed by atoms with E-state index in [1.807, 2.05) is 54.3 Å². The number of amides is 1. The normalized spacial score (nSPS) is 16.7. The molecule has 5 rings (SSSR count). The van der Waals surface area contributed by atoms with Gasteiger partial charge >= 0.3 is 0 Å². The zero-order valence-corrected chi connectivity index (χ0v) is 22.1. The van der Waals surface area contributed by atoms with Crippen LogP contribution >= 0.6 is 27.5 Å². The Morgan fingerprint density at radius 3 is 2.23 bits per heavy atom. The summed E-state index contributed by atoms with van der Waals surface area (Å²) in [4.78, 5) is 15.1. The summed E-state index contributed by atoms with van der Waals surface area (Å²) in [6.45, 7) is 3.58. The Morgan fingerprint density at radius 2 is 1.63 bits per heavy atom. The SMILES string of the molecule is Cc1ccc(S(=O)(=O)O)cc1.O=C1c2ccc(Br)cc2NC2(CCNCC2)N1c1ccc(Cl)cc1. The summed E-state index contributed by atoms with van der Waals surface area (Å²) in [7, 11) is -4.02. The van der Waals surface area contributed by atoms with Crippen LogP contribution in [0.25, 0.3) is 0 Å². The molecule has 0 aromatic heterocycles. The molecule has 0 bridgehead atoms. The summed E-state index contributed by atoms with van der Waals surface area (Å²) < 4.78 is 30.5. The van der Waals surface area contributed by atoms with Gasteiger partial charge in [-0.05, 0) is 74.6 Å². The maximum atomic E-state index is 13.3. The van der Waals surface area contributed by atoms with Crippen molar-refractivity contribution in [3.05, 3.63) is 87.4 Å². The number of carbonyl (C=O) groups excluding carboxylic acids is 1. The molecule has 3 aromatic rings. The van der Waals surface area contributed by atoms with Crippen molar-refractivity contribution >= 4 is 54.9 Å². The Kier molecular flexibility index (Phi) is 7.54. The van der Waals surface area contributed by atoms with Crippen LogP contribution in [0.15, 0.2) is 76.1 Å². The van der Waals surface area contributed by atoms with E-state index < -0.39 is 15.8 Å². The molecule has 2 aliphatic rings. The first-order valence-corrected chi connectivity index (χ1v) is 13.6. The van der Waals surface area contributed by atoms with Crippen LogP contribution in [0.2, 0.25) is 5.02 Å². The monoisotopic (exact) mass is 577 g/mol. The number of benzene rings is 3. The zero-order chi connectivity index (χ0) is 25.2. The van der Waals surface area contributed by atoms with Gasteiger partial charge in [0.05, 0.1) is 10.5 Å². The lowest BCUT2D eigenvalue weighted by atomic mass is 9.90. The maximum Gasteiger partial charge on any atom is 0.294 e. The van der Waals surface area contributed by atoms with E-state index in [0.717, 1.165) is 47.3 Å². The minimum Gasteiger partial charge on any atom is -0.362 e. The third kappa shape index (κ3) is 5.70. The van der Waals surface area contributed by atoms with Crippen molar-refractivity contribution in [2.24, 2.45) is 0 Å². The zero-order valence-electron chi connectivity index (χ0n) is 19.0. The number of hydrogen-bond donors (Lipinski definition) is 3. The van der Waals surface area contributed by atoms with Crippen LogP contribution < -0.4 is 15.5 Å². The number of nitrogens with zero attached hydrogens (tertiary/aromatic N) is 1. The van der Waals surface area contributed by atoms with Crippen molar-refractivity contribution < 1.29 is 17.8 Å². The van der Waals surface area contributed by atoms with Gasteiger partial charge < -0.3 is 10.6 Å². The molecule has 1 spiro atoms. The van der Waals surface area contributed by atoms with Gasteiger partial charge in [-0.1, -0.05) is 45.2 Å². The molecule has 2 heterocycles. The van der Waals surface area contributed by atoms with Gasteiger partial charge in [-0.3, -0.25) is 14.2 Å². The van der Waals surface area contributed by atoms with Crippen molar-refractivity contribution in [1.82, 2.24) is 5.32 Å². The number of nitrogens with one attached hydrogen (secondary N) is 2. The molecule has 1 fully saturated rings. The molecule has 184 valence electrons. The molecule has 0 unspecified atom stereocenters. The molecule has 0 atom stereocenters. The van der Waals surface area contributed by atoms with E-state index in [4.69, 9.17) is 16.2 Å². The molecule has 10 heteroatoms. The lowest BCUT2D eigenvalue weighted by Gasteiger charge is -2.50. The van der Waals surface area contributed by atoms with Gasteiger partial charge in [-0.2, -0.15) is 8.42 Å². The molecule has 7 nitrogen and oxygen atoms in total. The van der Waals surface area contributed by atoms with Crippen molar-refractivity contribution in [1.29, 1.82) is 0 Å². The highest BCUT2D eigenvalue weighted by atomic mass is 79.9. The molecule has 0 aliphatic carbocycles. The predicted octanol–water partition coefficient (Wildman–Crippen LogP) is 5.50. The molecule has 2 aliphatic heterocycles. The van der Waals surface area contributed by atoms with E-state index in [9.17, 15) is 13.2 Å². The first kappa shape index (κ1) is 25.7. The molecular formula is C25H25BrClN3O4S. The lowest BCUT2D eigenvalue weighted by Crippen LogP contribution is -2.64. The van der Waals surface area contributed by atoms with E-state index in [0.29, 0.717) is 10.6 Å². The highest BCUT2D eigenvalue weighted by Gasteiger charge is 2.46. The minimum atomic E-state index is -4.02. The molecule has 1 amide bonds. The third-order valence-electron chi connectivity index (χ3n) is 6.04. The molecule has 3 N–H and O–H groups in total. The largest absolute Gasteiger partial charge is 0.362 e. The number of hydrogen-bond acceptors (Lipinski definition) is 5. The van der Waals surface area contributed by atoms with E-state index >= 15 is 0 Å². The van der Waals surface area contributed by atoms with Gasteiger partial charge in [-0.15, -0.1) is 0 Å². The highest BCUT2D eigenvalue weighted by Crippen LogP contribution is 2.40. The number of anilines is 2. The average Bonchev–Trinajstić information content (AvgIpc) is 2.81. The molecular weight excluding hydrogens is 554 g/mol. The van der Waals surface area contributed by atoms with Crippen LogP contribution in [-0.4, -0.2) is 37.6 Å². The fourth-order valence-electron chi connectivity index (χ4n) is 4.28. The third-order valence-corrected chi connectivity index (χ3v) is 7.66. The van der Waals surface area contributed by atoms with Crippen molar-refractivity contribution in [2.45, 2.75) is 30.3 Å². The van der Waals surface area contributed by atoms with Gasteiger partial charge in [0.15, 0.2) is 0 Å². The van der Waals surface area contributed by atoms with Crippen molar-refractivity contribution in [3.63, 3.8) is 0 Å². The second-order valence-electron chi connectivity index (χ2n) is 8.50. The van der Waals surface area contributed by atoms with Crippen LogP contribution in [0.4, 0.5) is 11.4 Å². The van der Waals surface area contributed by atoms with Gasteiger partial charge in [0.2, 0.25) is 0 Å². The Hall–Kier alpha value is -2.43. The molecule has 1 saturated heterocycles. The van der Waals surface area contributed by atoms with Crippen LogP contribution in [0.1, 0.15) is 28.8 Å². The molecule has 0 saturated carbocycles. The Labute approximate surface area is 218 Å². The summed E-state index contributed by atoms with van der Waals surface area (Å²) in [5.74, 6) is 0.0282. The van der Waals surface area contributed by atoms with Crippen LogP contribution in [0.5, 0.6) is 0 Å². The molecule has 0 radical (unpaired) electrons.